The third-order valence-electron chi connectivity index (χ3n) is 9.50. The van der Waals surface area contributed by atoms with E-state index in [4.69, 9.17) is 18.9 Å². The number of Topliss-reactive ketones (excluding diaryl/α,β-unsaturated/α-hetero) is 1. The first-order chi connectivity index (χ1) is 22.6. The number of anilines is 1. The smallest absolute Gasteiger partial charge is 0.260 e. The second-order valence-corrected chi connectivity index (χ2v) is 13.2. The molecule has 3 aliphatic heterocycles. The summed E-state index contributed by atoms with van der Waals surface area (Å²) in [4.78, 5) is 35.1. The maximum atomic E-state index is 13.6. The second kappa shape index (κ2) is 13.4. The number of hydrogen-bond acceptors (Lipinski definition) is 9. The van der Waals surface area contributed by atoms with Gasteiger partial charge in [0.1, 0.15) is 6.23 Å². The van der Waals surface area contributed by atoms with Crippen molar-refractivity contribution in [3.8, 4) is 23.0 Å². The van der Waals surface area contributed by atoms with Crippen LogP contribution in [0, 0.1) is 11.8 Å². The lowest BCUT2D eigenvalue weighted by Gasteiger charge is -2.36. The number of aliphatic hydroxyl groups is 1. The molecule has 10 nitrogen and oxygen atoms in total. The van der Waals surface area contributed by atoms with E-state index in [0.29, 0.717) is 65.1 Å². The molecule has 6 rings (SSSR count). The Hall–Kier alpha value is -4.31. The third-order valence-corrected chi connectivity index (χ3v) is 9.50. The number of unbranched alkanes of at least 4 members (excludes halogenated alkanes) is 2. The lowest BCUT2D eigenvalue weighted by Crippen LogP contribution is -2.50. The van der Waals surface area contributed by atoms with Crippen molar-refractivity contribution in [3.63, 3.8) is 0 Å². The van der Waals surface area contributed by atoms with Crippen molar-refractivity contribution < 1.29 is 33.6 Å². The van der Waals surface area contributed by atoms with Crippen molar-refractivity contribution in [1.82, 2.24) is 4.90 Å². The molecule has 2 unspecified atom stereocenters. The molecular formula is C37H45N3O7. The summed E-state index contributed by atoms with van der Waals surface area (Å²) in [6, 6.07) is 6.70. The van der Waals surface area contributed by atoms with E-state index < -0.39 is 6.23 Å². The lowest BCUT2D eigenvalue weighted by molar-refractivity contribution is 0.0560. The molecule has 10 heteroatoms. The minimum atomic E-state index is -0.860. The van der Waals surface area contributed by atoms with Gasteiger partial charge in [0, 0.05) is 48.0 Å². The van der Waals surface area contributed by atoms with Crippen LogP contribution in [0.5, 0.6) is 23.0 Å². The van der Waals surface area contributed by atoms with Gasteiger partial charge in [-0.15, -0.1) is 0 Å². The van der Waals surface area contributed by atoms with Crippen molar-refractivity contribution in [2.24, 2.45) is 16.8 Å². The van der Waals surface area contributed by atoms with Gasteiger partial charge in [-0.25, -0.2) is 0 Å². The van der Waals surface area contributed by atoms with Crippen LogP contribution in [0.3, 0.4) is 0 Å². The monoisotopic (exact) mass is 643 g/mol. The van der Waals surface area contributed by atoms with Crippen molar-refractivity contribution in [2.45, 2.75) is 78.1 Å². The summed E-state index contributed by atoms with van der Waals surface area (Å²) in [5, 5.41) is 11.4. The molecule has 0 spiro atoms. The van der Waals surface area contributed by atoms with E-state index in [1.165, 1.54) is 5.57 Å². The Morgan fingerprint density at radius 1 is 0.872 bits per heavy atom. The number of carbonyl (C=O) groups is 2. The van der Waals surface area contributed by atoms with Crippen LogP contribution in [0.25, 0.3) is 0 Å². The van der Waals surface area contributed by atoms with E-state index >= 15 is 0 Å². The molecule has 0 aromatic heterocycles. The number of rotatable bonds is 11. The molecule has 0 bridgehead atoms. The fraction of sp³-hybridized carbons (Fsp3) is 0.486. The Morgan fingerprint density at radius 2 is 1.53 bits per heavy atom. The van der Waals surface area contributed by atoms with Crippen molar-refractivity contribution >= 4 is 29.3 Å². The summed E-state index contributed by atoms with van der Waals surface area (Å²) < 4.78 is 23.5. The highest BCUT2D eigenvalue weighted by Gasteiger charge is 2.43. The molecule has 47 heavy (non-hydrogen) atoms. The molecule has 4 aliphatic rings. The van der Waals surface area contributed by atoms with E-state index in [1.54, 1.807) is 37.3 Å². The Labute approximate surface area is 276 Å². The Balaban J connectivity index is 1.07. The summed E-state index contributed by atoms with van der Waals surface area (Å²) in [6.45, 7) is 8.96. The molecule has 1 amide bonds. The first-order valence-electron chi connectivity index (χ1n) is 16.5. The summed E-state index contributed by atoms with van der Waals surface area (Å²) in [5.74, 6) is 1.93. The molecule has 3 heterocycles. The van der Waals surface area contributed by atoms with Crippen LogP contribution in [-0.2, 0) is 0 Å². The van der Waals surface area contributed by atoms with Crippen LogP contribution in [-0.4, -0.2) is 73.7 Å². The fourth-order valence-corrected chi connectivity index (χ4v) is 7.17. The Bertz CT molecular complexity index is 1640. The lowest BCUT2D eigenvalue weighted by atomic mass is 9.89. The van der Waals surface area contributed by atoms with E-state index in [1.807, 2.05) is 44.2 Å². The molecular weight excluding hydrogens is 598 g/mol. The van der Waals surface area contributed by atoms with Gasteiger partial charge in [-0.3, -0.25) is 14.6 Å². The number of ketones is 1. The Morgan fingerprint density at radius 3 is 2.19 bits per heavy atom. The van der Waals surface area contributed by atoms with Crippen molar-refractivity contribution in [3.05, 3.63) is 58.8 Å². The predicted molar refractivity (Wildman–Crippen MR) is 181 cm³/mol. The number of fused-ring (bicyclic) bond motifs is 4. The molecule has 2 aromatic rings. The van der Waals surface area contributed by atoms with E-state index in [-0.39, 0.29) is 35.6 Å². The zero-order valence-corrected chi connectivity index (χ0v) is 28.1. The van der Waals surface area contributed by atoms with Gasteiger partial charge < -0.3 is 33.9 Å². The number of hydrogen-bond donors (Lipinski definition) is 1. The highest BCUT2D eigenvalue weighted by atomic mass is 16.5. The van der Waals surface area contributed by atoms with Gasteiger partial charge in [-0.05, 0) is 71.9 Å². The highest BCUT2D eigenvalue weighted by molar-refractivity contribution is 6.07. The zero-order valence-electron chi connectivity index (χ0n) is 28.1. The molecule has 0 fully saturated rings. The van der Waals surface area contributed by atoms with Crippen LogP contribution in [0.2, 0.25) is 0 Å². The standard InChI is InChI=1S/C37H45N3O7/c1-21(2)40-29-18-34(32(45-6)16-27(29)36(42)39-20-23(4)14-30(39)37(40)43)47-11-9-7-8-10-46-33-17-28-26(15-31(33)44-5)35(41)25-13-22(3)12-24(25)19-38-28/h13,15-21,24-25,30,37,43H,7-12,14H2,1-6H3/t24-,25?,30-,37?/m0/s1. The number of allylic oxidation sites excluding steroid dienone is 2. The van der Waals surface area contributed by atoms with Crippen LogP contribution in [0.1, 0.15) is 80.5 Å². The third kappa shape index (κ3) is 6.23. The number of aliphatic imine (C=N–C) groups is 1. The fourth-order valence-electron chi connectivity index (χ4n) is 7.17. The number of methoxy groups -OCH3 is 2. The summed E-state index contributed by atoms with van der Waals surface area (Å²) in [6.07, 6.45) is 8.83. The first kappa shape index (κ1) is 32.6. The average Bonchev–Trinajstić information content (AvgIpc) is 3.58. The van der Waals surface area contributed by atoms with Gasteiger partial charge in [-0.1, -0.05) is 17.2 Å². The topological polar surface area (TPSA) is 110 Å². The summed E-state index contributed by atoms with van der Waals surface area (Å²) in [5.41, 5.74) is 4.58. The maximum absolute atomic E-state index is 13.6. The molecule has 250 valence electrons. The van der Waals surface area contributed by atoms with E-state index in [0.717, 1.165) is 31.3 Å². The SMILES string of the molecule is COc1cc2c(cc1OCCCCCOc1cc3c(cc1OC)C(=O)N1C=C(C)C[C@H]1C(O)N3C(C)C)N=C[C@@H]1CC(C)=CC1C2=O. The first-order valence-corrected chi connectivity index (χ1v) is 16.5. The van der Waals surface area contributed by atoms with Crippen LogP contribution >= 0.6 is 0 Å². The quantitative estimate of drug-likeness (QED) is 0.219. The molecule has 1 N–H and O–H groups in total. The molecule has 0 saturated heterocycles. The average molecular weight is 644 g/mol. The largest absolute Gasteiger partial charge is 0.493 e. The van der Waals surface area contributed by atoms with Gasteiger partial charge >= 0.3 is 0 Å². The number of carbonyl (C=O) groups excluding carboxylic acids is 2. The van der Waals surface area contributed by atoms with Crippen molar-refractivity contribution in [1.29, 1.82) is 0 Å². The highest BCUT2D eigenvalue weighted by Crippen LogP contribution is 2.43. The van der Waals surface area contributed by atoms with Crippen LogP contribution in [0.4, 0.5) is 11.4 Å². The minimum absolute atomic E-state index is 0.0507. The Kier molecular flexibility index (Phi) is 9.32. The summed E-state index contributed by atoms with van der Waals surface area (Å²) in [7, 11) is 3.14. The molecule has 0 saturated carbocycles. The van der Waals surface area contributed by atoms with Gasteiger partial charge in [0.2, 0.25) is 0 Å². The normalized spacial score (nSPS) is 23.0. The van der Waals surface area contributed by atoms with Gasteiger partial charge in [-0.2, -0.15) is 0 Å². The second-order valence-electron chi connectivity index (χ2n) is 13.2. The number of aliphatic hydroxyl groups excluding tert-OH is 1. The summed E-state index contributed by atoms with van der Waals surface area (Å²) >= 11 is 0. The minimum Gasteiger partial charge on any atom is -0.493 e. The van der Waals surface area contributed by atoms with Crippen molar-refractivity contribution in [2.75, 3.05) is 32.3 Å². The van der Waals surface area contributed by atoms with E-state index in [2.05, 4.69) is 18.0 Å². The molecule has 1 aliphatic carbocycles. The van der Waals surface area contributed by atoms with Gasteiger partial charge in [0.15, 0.2) is 28.8 Å². The molecule has 2 aromatic carbocycles. The molecule has 0 radical (unpaired) electrons. The number of nitrogens with zero attached hydrogens (tertiary/aromatic N) is 3. The van der Waals surface area contributed by atoms with Gasteiger partial charge in [0.05, 0.1) is 50.4 Å². The molecule has 4 atom stereocenters. The maximum Gasteiger partial charge on any atom is 0.260 e. The number of ether oxygens (including phenoxy) is 4. The predicted octanol–water partition coefficient (Wildman–Crippen LogP) is 6.48. The van der Waals surface area contributed by atoms with Crippen LogP contribution in [0.15, 0.2) is 52.7 Å². The zero-order chi connectivity index (χ0) is 33.4. The van der Waals surface area contributed by atoms with E-state index in [9.17, 15) is 14.7 Å². The van der Waals surface area contributed by atoms with Gasteiger partial charge in [0.25, 0.3) is 5.91 Å². The number of benzene rings is 2. The number of amides is 1. The van der Waals surface area contributed by atoms with Crippen LogP contribution < -0.4 is 23.8 Å².